The average Bonchev–Trinajstić information content (AvgIpc) is 2.21. The van der Waals surface area contributed by atoms with Crippen molar-refractivity contribution in [2.24, 2.45) is 11.1 Å². The molecule has 2 atom stereocenters. The van der Waals surface area contributed by atoms with Gasteiger partial charge >= 0.3 is 0 Å². The number of hydrogen-bond donors (Lipinski definition) is 1. The maximum atomic E-state index is 12.3. The summed E-state index contributed by atoms with van der Waals surface area (Å²) in [5.74, 6) is 0.261. The summed E-state index contributed by atoms with van der Waals surface area (Å²) in [5, 5.41) is 0. The summed E-state index contributed by atoms with van der Waals surface area (Å²) in [4.78, 5) is 14.2. The number of morpholine rings is 1. The summed E-state index contributed by atoms with van der Waals surface area (Å²) in [6, 6.07) is 0. The van der Waals surface area contributed by atoms with E-state index in [0.29, 0.717) is 13.0 Å². The van der Waals surface area contributed by atoms with E-state index in [1.165, 1.54) is 6.42 Å². The molecule has 1 aliphatic carbocycles. The number of rotatable bonds is 3. The lowest BCUT2D eigenvalue weighted by atomic mass is 9.66. The normalized spacial score (nSPS) is 32.1. The van der Waals surface area contributed by atoms with Gasteiger partial charge in [0.05, 0.1) is 12.2 Å². The predicted octanol–water partition coefficient (Wildman–Crippen LogP) is 1.14. The number of nitrogens with two attached hydrogens (primary N) is 1. The second-order valence-corrected chi connectivity index (χ2v) is 5.79. The molecule has 0 aromatic rings. The molecule has 2 rings (SSSR count). The highest BCUT2D eigenvalue weighted by Crippen LogP contribution is 2.43. The van der Waals surface area contributed by atoms with Crippen LogP contribution in [0.3, 0.4) is 0 Å². The zero-order valence-corrected chi connectivity index (χ0v) is 10.9. The van der Waals surface area contributed by atoms with Gasteiger partial charge in [-0.3, -0.25) is 4.79 Å². The molecule has 2 N–H and O–H groups in total. The molecule has 2 aliphatic rings. The van der Waals surface area contributed by atoms with E-state index in [4.69, 9.17) is 10.5 Å². The molecule has 4 heteroatoms. The molecule has 17 heavy (non-hydrogen) atoms. The lowest BCUT2D eigenvalue weighted by molar-refractivity contribution is -0.146. The van der Waals surface area contributed by atoms with Gasteiger partial charge in [0.2, 0.25) is 5.91 Å². The molecule has 0 unspecified atom stereocenters. The van der Waals surface area contributed by atoms with Crippen LogP contribution in [0.4, 0.5) is 0 Å². The first-order chi connectivity index (χ1) is 8.04. The summed E-state index contributed by atoms with van der Waals surface area (Å²) in [7, 11) is 0. The van der Waals surface area contributed by atoms with Crippen molar-refractivity contribution in [3.8, 4) is 0 Å². The molecule has 1 heterocycles. The minimum atomic E-state index is 0.113. The van der Waals surface area contributed by atoms with Gasteiger partial charge in [0.1, 0.15) is 0 Å². The topological polar surface area (TPSA) is 55.6 Å². The maximum absolute atomic E-state index is 12.3. The largest absolute Gasteiger partial charge is 0.372 e. The van der Waals surface area contributed by atoms with Crippen LogP contribution in [0.25, 0.3) is 0 Å². The second kappa shape index (κ2) is 4.94. The molecule has 1 amide bonds. The van der Waals surface area contributed by atoms with Crippen LogP contribution >= 0.6 is 0 Å². The van der Waals surface area contributed by atoms with Crippen molar-refractivity contribution in [3.05, 3.63) is 0 Å². The summed E-state index contributed by atoms with van der Waals surface area (Å²) in [5.41, 5.74) is 5.92. The third-order valence-electron chi connectivity index (χ3n) is 4.15. The van der Waals surface area contributed by atoms with Gasteiger partial charge < -0.3 is 15.4 Å². The van der Waals surface area contributed by atoms with Crippen LogP contribution in [0, 0.1) is 5.41 Å². The molecule has 1 saturated heterocycles. The lowest BCUT2D eigenvalue weighted by Crippen LogP contribution is -2.50. The molecule has 2 fully saturated rings. The van der Waals surface area contributed by atoms with E-state index in [9.17, 15) is 4.79 Å². The SMILES string of the molecule is C[C@@H]1CN(C(=O)CC2(CN)CCC2)C[C@H](C)O1. The van der Waals surface area contributed by atoms with Gasteiger partial charge in [0.15, 0.2) is 0 Å². The molecular formula is C13H24N2O2. The Morgan fingerprint density at radius 3 is 2.35 bits per heavy atom. The molecule has 1 aliphatic heterocycles. The van der Waals surface area contributed by atoms with E-state index in [0.717, 1.165) is 25.9 Å². The van der Waals surface area contributed by atoms with Crippen LogP contribution in [-0.2, 0) is 9.53 Å². The Morgan fingerprint density at radius 2 is 1.94 bits per heavy atom. The summed E-state index contributed by atoms with van der Waals surface area (Å²) >= 11 is 0. The highest BCUT2D eigenvalue weighted by molar-refractivity contribution is 5.77. The Kier molecular flexibility index (Phi) is 3.73. The molecule has 0 aromatic heterocycles. The van der Waals surface area contributed by atoms with Crippen LogP contribution in [-0.4, -0.2) is 42.6 Å². The third-order valence-corrected chi connectivity index (χ3v) is 4.15. The maximum Gasteiger partial charge on any atom is 0.223 e. The standard InChI is InChI=1S/C13H24N2O2/c1-10-7-15(8-11(2)17-10)12(16)6-13(9-14)4-3-5-13/h10-11H,3-9,14H2,1-2H3/t10-,11+. The molecule has 0 aromatic carbocycles. The van der Waals surface area contributed by atoms with Gasteiger partial charge in [0.25, 0.3) is 0 Å². The molecule has 0 radical (unpaired) electrons. The van der Waals surface area contributed by atoms with Crippen LogP contribution in [0.1, 0.15) is 39.5 Å². The first kappa shape index (κ1) is 12.8. The Bertz CT molecular complexity index is 274. The van der Waals surface area contributed by atoms with Crippen LogP contribution in [0.2, 0.25) is 0 Å². The van der Waals surface area contributed by atoms with E-state index >= 15 is 0 Å². The predicted molar refractivity (Wildman–Crippen MR) is 66.5 cm³/mol. The van der Waals surface area contributed by atoms with Crippen molar-refractivity contribution >= 4 is 5.91 Å². The number of nitrogens with zero attached hydrogens (tertiary/aromatic N) is 1. The van der Waals surface area contributed by atoms with Crippen molar-refractivity contribution in [2.45, 2.75) is 51.7 Å². The number of hydrogen-bond acceptors (Lipinski definition) is 3. The minimum Gasteiger partial charge on any atom is -0.372 e. The smallest absolute Gasteiger partial charge is 0.223 e. The van der Waals surface area contributed by atoms with Gasteiger partial charge in [0, 0.05) is 19.5 Å². The van der Waals surface area contributed by atoms with Crippen molar-refractivity contribution in [2.75, 3.05) is 19.6 Å². The minimum absolute atomic E-state index is 0.113. The highest BCUT2D eigenvalue weighted by Gasteiger charge is 2.39. The Morgan fingerprint density at radius 1 is 1.35 bits per heavy atom. The molecule has 4 nitrogen and oxygen atoms in total. The molecular weight excluding hydrogens is 216 g/mol. The van der Waals surface area contributed by atoms with Crippen molar-refractivity contribution in [1.29, 1.82) is 0 Å². The van der Waals surface area contributed by atoms with Gasteiger partial charge in [-0.25, -0.2) is 0 Å². The summed E-state index contributed by atoms with van der Waals surface area (Å²) in [6.07, 6.45) is 4.38. The Balaban J connectivity index is 1.91. The van der Waals surface area contributed by atoms with E-state index in [-0.39, 0.29) is 23.5 Å². The van der Waals surface area contributed by atoms with Crippen molar-refractivity contribution in [1.82, 2.24) is 4.90 Å². The molecule has 98 valence electrons. The first-order valence-corrected chi connectivity index (χ1v) is 6.68. The van der Waals surface area contributed by atoms with Crippen molar-refractivity contribution < 1.29 is 9.53 Å². The van der Waals surface area contributed by atoms with E-state index in [1.54, 1.807) is 0 Å². The second-order valence-electron chi connectivity index (χ2n) is 5.79. The quantitative estimate of drug-likeness (QED) is 0.805. The van der Waals surface area contributed by atoms with Crippen molar-refractivity contribution in [3.63, 3.8) is 0 Å². The average molecular weight is 240 g/mol. The van der Waals surface area contributed by atoms with Crippen LogP contribution in [0.15, 0.2) is 0 Å². The van der Waals surface area contributed by atoms with Gasteiger partial charge in [-0.2, -0.15) is 0 Å². The number of carbonyl (C=O) groups is 1. The molecule has 0 spiro atoms. The Labute approximate surface area is 103 Å². The van der Waals surface area contributed by atoms with Crippen LogP contribution in [0.5, 0.6) is 0 Å². The van der Waals surface area contributed by atoms with Crippen LogP contribution < -0.4 is 5.73 Å². The molecule has 1 saturated carbocycles. The first-order valence-electron chi connectivity index (χ1n) is 6.68. The van der Waals surface area contributed by atoms with E-state index in [1.807, 2.05) is 18.7 Å². The fourth-order valence-corrected chi connectivity index (χ4v) is 2.94. The fraction of sp³-hybridized carbons (Fsp3) is 0.923. The summed E-state index contributed by atoms with van der Waals surface area (Å²) in [6.45, 7) is 6.15. The van der Waals surface area contributed by atoms with Gasteiger partial charge in [-0.05, 0) is 38.6 Å². The van der Waals surface area contributed by atoms with Gasteiger partial charge in [-0.1, -0.05) is 6.42 Å². The number of carbonyl (C=O) groups excluding carboxylic acids is 1. The van der Waals surface area contributed by atoms with E-state index in [2.05, 4.69) is 0 Å². The number of amides is 1. The monoisotopic (exact) mass is 240 g/mol. The Hall–Kier alpha value is -0.610. The zero-order valence-electron chi connectivity index (χ0n) is 10.9. The lowest BCUT2D eigenvalue weighted by Gasteiger charge is -2.43. The highest BCUT2D eigenvalue weighted by atomic mass is 16.5. The third kappa shape index (κ3) is 2.80. The molecule has 0 bridgehead atoms. The van der Waals surface area contributed by atoms with E-state index < -0.39 is 0 Å². The van der Waals surface area contributed by atoms with Gasteiger partial charge in [-0.15, -0.1) is 0 Å². The number of ether oxygens (including phenoxy) is 1. The fourth-order valence-electron chi connectivity index (χ4n) is 2.94. The summed E-state index contributed by atoms with van der Waals surface area (Å²) < 4.78 is 5.64. The zero-order chi connectivity index (χ0) is 12.5.